The monoisotopic (exact) mass is 384 g/mol. The van der Waals surface area contributed by atoms with Crippen molar-refractivity contribution in [3.63, 3.8) is 0 Å². The molecule has 136 valence electrons. The Morgan fingerprint density at radius 3 is 2.50 bits per heavy atom. The number of sulfonamides is 1. The summed E-state index contributed by atoms with van der Waals surface area (Å²) in [6.07, 6.45) is 1.71. The zero-order valence-electron chi connectivity index (χ0n) is 13.0. The van der Waals surface area contributed by atoms with E-state index < -0.39 is 21.1 Å². The van der Waals surface area contributed by atoms with Crippen molar-refractivity contribution in [3.8, 4) is 0 Å². The molecule has 1 aromatic carbocycles. The van der Waals surface area contributed by atoms with Gasteiger partial charge in [-0.2, -0.15) is 13.2 Å². The van der Waals surface area contributed by atoms with Crippen molar-refractivity contribution in [1.29, 1.82) is 0 Å². The SMILES string of the molecule is COCC1(CNS(=O)(=O)c2ccc(SC(F)(F)F)cc2)CCCN1. The molecule has 1 aromatic rings. The Hall–Kier alpha value is -0.810. The summed E-state index contributed by atoms with van der Waals surface area (Å²) >= 11 is -0.282. The van der Waals surface area contributed by atoms with Crippen LogP contribution < -0.4 is 10.0 Å². The summed E-state index contributed by atoms with van der Waals surface area (Å²) in [6.45, 7) is 1.31. The van der Waals surface area contributed by atoms with Crippen LogP contribution in [0.25, 0.3) is 0 Å². The number of methoxy groups -OCH3 is 1. The molecule has 1 aliphatic rings. The average molecular weight is 384 g/mol. The van der Waals surface area contributed by atoms with Crippen molar-refractivity contribution in [3.05, 3.63) is 24.3 Å². The van der Waals surface area contributed by atoms with Gasteiger partial charge in [0.05, 0.1) is 17.0 Å². The molecule has 24 heavy (non-hydrogen) atoms. The predicted molar refractivity (Wildman–Crippen MR) is 85.4 cm³/mol. The zero-order chi connectivity index (χ0) is 17.8. The molecule has 1 fully saturated rings. The molecule has 1 aliphatic heterocycles. The van der Waals surface area contributed by atoms with E-state index in [1.807, 2.05) is 0 Å². The van der Waals surface area contributed by atoms with Gasteiger partial charge < -0.3 is 10.1 Å². The van der Waals surface area contributed by atoms with E-state index >= 15 is 0 Å². The first-order chi connectivity index (χ1) is 11.2. The number of alkyl halides is 3. The van der Waals surface area contributed by atoms with Gasteiger partial charge in [0.2, 0.25) is 10.0 Å². The maximum atomic E-state index is 12.3. The van der Waals surface area contributed by atoms with Crippen molar-refractivity contribution in [2.45, 2.75) is 33.7 Å². The van der Waals surface area contributed by atoms with Crippen LogP contribution in [0.5, 0.6) is 0 Å². The molecule has 5 nitrogen and oxygen atoms in total. The summed E-state index contributed by atoms with van der Waals surface area (Å²) in [7, 11) is -2.25. The fourth-order valence-electron chi connectivity index (χ4n) is 2.61. The minimum Gasteiger partial charge on any atom is -0.383 e. The zero-order valence-corrected chi connectivity index (χ0v) is 14.7. The van der Waals surface area contributed by atoms with Crippen molar-refractivity contribution < 1.29 is 26.3 Å². The molecule has 0 aliphatic carbocycles. The van der Waals surface area contributed by atoms with Gasteiger partial charge in [0.25, 0.3) is 0 Å². The van der Waals surface area contributed by atoms with Crippen molar-refractivity contribution in [2.75, 3.05) is 26.8 Å². The molecule has 0 saturated carbocycles. The van der Waals surface area contributed by atoms with E-state index in [-0.39, 0.29) is 28.1 Å². The molecule has 0 spiro atoms. The summed E-state index contributed by atoms with van der Waals surface area (Å²) in [5.41, 5.74) is -4.85. The largest absolute Gasteiger partial charge is 0.446 e. The first-order valence-electron chi connectivity index (χ1n) is 7.25. The second kappa shape index (κ2) is 7.61. The smallest absolute Gasteiger partial charge is 0.383 e. The Labute approximate surface area is 143 Å². The van der Waals surface area contributed by atoms with Crippen molar-refractivity contribution in [1.82, 2.24) is 10.0 Å². The van der Waals surface area contributed by atoms with Gasteiger partial charge in [0.15, 0.2) is 0 Å². The fourth-order valence-corrected chi connectivity index (χ4v) is 4.27. The van der Waals surface area contributed by atoms with E-state index in [0.29, 0.717) is 6.61 Å². The van der Waals surface area contributed by atoms with Crippen LogP contribution in [0.15, 0.2) is 34.1 Å². The van der Waals surface area contributed by atoms with Crippen LogP contribution in [0.4, 0.5) is 13.2 Å². The number of benzene rings is 1. The second-order valence-electron chi connectivity index (χ2n) is 5.59. The number of hydrogen-bond acceptors (Lipinski definition) is 5. The van der Waals surface area contributed by atoms with Crippen LogP contribution in [0.2, 0.25) is 0 Å². The van der Waals surface area contributed by atoms with Gasteiger partial charge in [-0.25, -0.2) is 13.1 Å². The lowest BCUT2D eigenvalue weighted by atomic mass is 9.99. The topological polar surface area (TPSA) is 67.4 Å². The highest BCUT2D eigenvalue weighted by atomic mass is 32.2. The Morgan fingerprint density at radius 1 is 1.33 bits per heavy atom. The lowest BCUT2D eigenvalue weighted by Crippen LogP contribution is -2.52. The number of rotatable bonds is 7. The normalized spacial score (nSPS) is 22.0. The quantitative estimate of drug-likeness (QED) is 0.707. The molecular weight excluding hydrogens is 365 g/mol. The Morgan fingerprint density at radius 2 is 2.00 bits per heavy atom. The third-order valence-corrected chi connectivity index (χ3v) is 5.88. The Kier molecular flexibility index (Phi) is 6.19. The molecule has 10 heteroatoms. The fraction of sp³-hybridized carbons (Fsp3) is 0.571. The van der Waals surface area contributed by atoms with Crippen LogP contribution in [-0.2, 0) is 14.8 Å². The molecule has 0 amide bonds. The number of nitrogens with one attached hydrogen (secondary N) is 2. The molecule has 2 N–H and O–H groups in total. The lowest BCUT2D eigenvalue weighted by Gasteiger charge is -2.28. The first-order valence-corrected chi connectivity index (χ1v) is 9.55. The first kappa shape index (κ1) is 19.5. The molecule has 1 atom stereocenters. The van der Waals surface area contributed by atoms with E-state index in [0.717, 1.165) is 31.5 Å². The summed E-state index contributed by atoms with van der Waals surface area (Å²) in [5.74, 6) is 0. The number of thioether (sulfide) groups is 1. The molecule has 1 unspecified atom stereocenters. The van der Waals surface area contributed by atoms with Gasteiger partial charge >= 0.3 is 5.51 Å². The van der Waals surface area contributed by atoms with E-state index in [9.17, 15) is 21.6 Å². The van der Waals surface area contributed by atoms with Crippen molar-refractivity contribution in [2.24, 2.45) is 0 Å². The maximum Gasteiger partial charge on any atom is 0.446 e. The summed E-state index contributed by atoms with van der Waals surface area (Å²) in [6, 6.07) is 4.62. The molecule has 1 saturated heterocycles. The lowest BCUT2D eigenvalue weighted by molar-refractivity contribution is -0.0328. The standard InChI is InChI=1S/C14H19F3N2O3S2/c1-22-10-13(7-2-8-18-13)9-19-24(20,21)12-5-3-11(4-6-12)23-14(15,16)17/h3-6,18-19H,2,7-10H2,1H3. The van der Waals surface area contributed by atoms with Crippen LogP contribution in [0, 0.1) is 0 Å². The van der Waals surface area contributed by atoms with Gasteiger partial charge in [-0.3, -0.25) is 0 Å². The molecule has 0 aromatic heterocycles. The van der Waals surface area contributed by atoms with E-state index in [4.69, 9.17) is 4.74 Å². The summed E-state index contributed by atoms with van der Waals surface area (Å²) in [4.78, 5) is -0.130. The third kappa shape index (κ3) is 5.35. The number of ether oxygens (including phenoxy) is 1. The van der Waals surface area contributed by atoms with E-state index in [2.05, 4.69) is 10.0 Å². The van der Waals surface area contributed by atoms with Gasteiger partial charge in [-0.1, -0.05) is 0 Å². The maximum absolute atomic E-state index is 12.3. The minimum atomic E-state index is -4.40. The Balaban J connectivity index is 2.04. The van der Waals surface area contributed by atoms with Crippen LogP contribution >= 0.6 is 11.8 Å². The molecular formula is C14H19F3N2O3S2. The number of hydrogen-bond donors (Lipinski definition) is 2. The van der Waals surface area contributed by atoms with Crippen LogP contribution in [0.3, 0.4) is 0 Å². The van der Waals surface area contributed by atoms with E-state index in [1.165, 1.54) is 12.1 Å². The van der Waals surface area contributed by atoms with Gasteiger partial charge in [0.1, 0.15) is 0 Å². The van der Waals surface area contributed by atoms with Crippen molar-refractivity contribution >= 4 is 21.8 Å². The predicted octanol–water partition coefficient (Wildman–Crippen LogP) is 2.35. The second-order valence-corrected chi connectivity index (χ2v) is 8.49. The average Bonchev–Trinajstić information content (AvgIpc) is 2.94. The summed E-state index contributed by atoms with van der Waals surface area (Å²) < 4.78 is 69.2. The summed E-state index contributed by atoms with van der Waals surface area (Å²) in [5, 5.41) is 3.25. The van der Waals surface area contributed by atoms with Crippen LogP contribution in [0.1, 0.15) is 12.8 Å². The molecule has 2 rings (SSSR count). The van der Waals surface area contributed by atoms with Gasteiger partial charge in [-0.15, -0.1) is 0 Å². The van der Waals surface area contributed by atoms with Gasteiger partial charge in [0, 0.05) is 18.6 Å². The Bertz CT molecular complexity index is 642. The molecule has 1 heterocycles. The van der Waals surface area contributed by atoms with E-state index in [1.54, 1.807) is 7.11 Å². The highest BCUT2D eigenvalue weighted by Gasteiger charge is 2.35. The highest BCUT2D eigenvalue weighted by molar-refractivity contribution is 8.00. The number of halogens is 3. The molecule has 0 radical (unpaired) electrons. The highest BCUT2D eigenvalue weighted by Crippen LogP contribution is 2.36. The minimum absolute atomic E-state index is 0.0604. The van der Waals surface area contributed by atoms with Crippen LogP contribution in [-0.4, -0.2) is 46.3 Å². The molecule has 0 bridgehead atoms. The van der Waals surface area contributed by atoms with Gasteiger partial charge in [-0.05, 0) is 55.4 Å². The third-order valence-electron chi connectivity index (χ3n) is 3.72.